The molecule has 2 aromatic heterocycles. The van der Waals surface area contributed by atoms with E-state index in [1.54, 1.807) is 0 Å². The normalized spacial score (nSPS) is 11.1. The average molecular weight is 549 g/mol. The Bertz CT molecular complexity index is 1530. The molecule has 0 saturated heterocycles. The van der Waals surface area contributed by atoms with E-state index in [2.05, 4.69) is 52.4 Å². The van der Waals surface area contributed by atoms with E-state index in [-0.39, 0.29) is 5.91 Å². The fraction of sp³-hybridized carbons (Fsp3) is 0.0741. The number of anilines is 1. The summed E-state index contributed by atoms with van der Waals surface area (Å²) in [5, 5.41) is 4.97. The highest BCUT2D eigenvalue weighted by molar-refractivity contribution is 9.10. The van der Waals surface area contributed by atoms with Crippen LogP contribution in [0.25, 0.3) is 33.4 Å². The fourth-order valence-corrected chi connectivity index (χ4v) is 5.07. The van der Waals surface area contributed by atoms with Crippen molar-refractivity contribution in [2.24, 2.45) is 0 Å². The van der Waals surface area contributed by atoms with Gasteiger partial charge in [0.1, 0.15) is 0 Å². The molecule has 0 atom stereocenters. The Morgan fingerprint density at radius 2 is 1.62 bits per heavy atom. The van der Waals surface area contributed by atoms with E-state index in [4.69, 9.17) is 21.6 Å². The standard InChI is InChI=1S/C27H19BrClN3OS/c1-15-3-5-18(6-4-15)25-16(2)34-27(31-25)32-26(33)22-14-24(17-7-10-20(29)11-8-17)30-23-12-9-19(28)13-21(22)23/h3-14H,1-2H3,(H,31,32,33). The third-order valence-electron chi connectivity index (χ3n) is 5.50. The molecule has 0 bridgehead atoms. The molecular formula is C27H19BrClN3OS. The molecule has 1 amide bonds. The number of halogens is 2. The van der Waals surface area contributed by atoms with Gasteiger partial charge in [0.25, 0.3) is 5.91 Å². The summed E-state index contributed by atoms with van der Waals surface area (Å²) in [6.45, 7) is 4.07. The lowest BCUT2D eigenvalue weighted by atomic mass is 10.0. The highest BCUT2D eigenvalue weighted by Crippen LogP contribution is 2.32. The van der Waals surface area contributed by atoms with Crippen LogP contribution in [0.2, 0.25) is 5.02 Å². The van der Waals surface area contributed by atoms with Gasteiger partial charge in [-0.15, -0.1) is 11.3 Å². The van der Waals surface area contributed by atoms with Gasteiger partial charge in [0, 0.05) is 30.9 Å². The molecule has 0 saturated carbocycles. The monoisotopic (exact) mass is 547 g/mol. The van der Waals surface area contributed by atoms with Crippen molar-refractivity contribution in [2.45, 2.75) is 13.8 Å². The Morgan fingerprint density at radius 3 is 2.35 bits per heavy atom. The minimum Gasteiger partial charge on any atom is -0.298 e. The second kappa shape index (κ2) is 9.29. The minimum atomic E-state index is -0.232. The number of nitrogens with one attached hydrogen (secondary N) is 1. The quantitative estimate of drug-likeness (QED) is 0.246. The number of benzene rings is 3. The maximum absolute atomic E-state index is 13.5. The van der Waals surface area contributed by atoms with Gasteiger partial charge >= 0.3 is 0 Å². The van der Waals surface area contributed by atoms with Gasteiger partial charge < -0.3 is 0 Å². The van der Waals surface area contributed by atoms with E-state index in [1.807, 2.05) is 55.5 Å². The number of rotatable bonds is 4. The molecule has 0 radical (unpaired) electrons. The van der Waals surface area contributed by atoms with E-state index in [0.717, 1.165) is 37.1 Å². The first-order valence-electron chi connectivity index (χ1n) is 10.6. The van der Waals surface area contributed by atoms with Gasteiger partial charge in [0.15, 0.2) is 5.13 Å². The second-order valence-electron chi connectivity index (χ2n) is 7.97. The molecule has 5 rings (SSSR count). The molecule has 168 valence electrons. The number of hydrogen-bond donors (Lipinski definition) is 1. The van der Waals surface area contributed by atoms with Crippen LogP contribution >= 0.6 is 38.9 Å². The number of thiazole rings is 1. The molecule has 0 fully saturated rings. The van der Waals surface area contributed by atoms with E-state index in [1.165, 1.54) is 16.9 Å². The summed E-state index contributed by atoms with van der Waals surface area (Å²) in [7, 11) is 0. The van der Waals surface area contributed by atoms with Gasteiger partial charge in [-0.25, -0.2) is 9.97 Å². The van der Waals surface area contributed by atoms with Crippen LogP contribution in [-0.2, 0) is 0 Å². The highest BCUT2D eigenvalue weighted by atomic mass is 79.9. The molecule has 2 heterocycles. The summed E-state index contributed by atoms with van der Waals surface area (Å²) in [5.41, 5.74) is 5.95. The highest BCUT2D eigenvalue weighted by Gasteiger charge is 2.18. The summed E-state index contributed by atoms with van der Waals surface area (Å²) in [6.07, 6.45) is 0. The molecule has 0 aliphatic rings. The lowest BCUT2D eigenvalue weighted by Crippen LogP contribution is -2.13. The lowest BCUT2D eigenvalue weighted by Gasteiger charge is -2.10. The second-order valence-corrected chi connectivity index (χ2v) is 10.5. The van der Waals surface area contributed by atoms with Gasteiger partial charge in [-0.2, -0.15) is 0 Å². The maximum Gasteiger partial charge on any atom is 0.258 e. The Kier molecular flexibility index (Phi) is 6.21. The van der Waals surface area contributed by atoms with Crippen molar-refractivity contribution in [3.63, 3.8) is 0 Å². The molecular weight excluding hydrogens is 530 g/mol. The van der Waals surface area contributed by atoms with Crippen molar-refractivity contribution in [1.82, 2.24) is 9.97 Å². The fourth-order valence-electron chi connectivity index (χ4n) is 3.75. The molecule has 7 heteroatoms. The zero-order chi connectivity index (χ0) is 23.8. The molecule has 4 nitrogen and oxygen atoms in total. The van der Waals surface area contributed by atoms with Crippen molar-refractivity contribution < 1.29 is 4.79 Å². The number of carbonyl (C=O) groups excluding carboxylic acids is 1. The predicted molar refractivity (Wildman–Crippen MR) is 145 cm³/mol. The van der Waals surface area contributed by atoms with Crippen molar-refractivity contribution in [3.8, 4) is 22.5 Å². The van der Waals surface area contributed by atoms with Crippen LogP contribution in [0.5, 0.6) is 0 Å². The molecule has 0 unspecified atom stereocenters. The Labute approximate surface area is 214 Å². The van der Waals surface area contributed by atoms with Crippen molar-refractivity contribution in [3.05, 3.63) is 98.3 Å². The lowest BCUT2D eigenvalue weighted by molar-refractivity contribution is 0.102. The molecule has 3 aromatic carbocycles. The summed E-state index contributed by atoms with van der Waals surface area (Å²) in [4.78, 5) is 24.0. The number of carbonyl (C=O) groups is 1. The number of nitrogens with zero attached hydrogens (tertiary/aromatic N) is 2. The van der Waals surface area contributed by atoms with E-state index in [9.17, 15) is 4.79 Å². The van der Waals surface area contributed by atoms with Crippen molar-refractivity contribution in [2.75, 3.05) is 5.32 Å². The Hall–Kier alpha value is -3.06. The topological polar surface area (TPSA) is 54.9 Å². The zero-order valence-corrected chi connectivity index (χ0v) is 21.6. The average Bonchev–Trinajstić information content (AvgIpc) is 3.19. The molecule has 0 aliphatic carbocycles. The molecule has 1 N–H and O–H groups in total. The van der Waals surface area contributed by atoms with Crippen LogP contribution in [-0.4, -0.2) is 15.9 Å². The number of aromatic nitrogens is 2. The summed E-state index contributed by atoms with van der Waals surface area (Å²) in [6, 6.07) is 23.2. The number of aryl methyl sites for hydroxylation is 2. The van der Waals surface area contributed by atoms with Gasteiger partial charge in [-0.1, -0.05) is 69.5 Å². The maximum atomic E-state index is 13.5. The van der Waals surface area contributed by atoms with Gasteiger partial charge in [0.05, 0.1) is 22.5 Å². The predicted octanol–water partition coefficient (Wildman–Crippen LogP) is 8.31. The van der Waals surface area contributed by atoms with Gasteiger partial charge in [0.2, 0.25) is 0 Å². The van der Waals surface area contributed by atoms with Crippen LogP contribution in [0, 0.1) is 13.8 Å². The van der Waals surface area contributed by atoms with Crippen molar-refractivity contribution in [1.29, 1.82) is 0 Å². The van der Waals surface area contributed by atoms with Crippen molar-refractivity contribution >= 4 is 60.8 Å². The summed E-state index contributed by atoms with van der Waals surface area (Å²) < 4.78 is 0.877. The third kappa shape index (κ3) is 4.62. The van der Waals surface area contributed by atoms with Gasteiger partial charge in [-0.3, -0.25) is 10.1 Å². The third-order valence-corrected chi connectivity index (χ3v) is 7.13. The van der Waals surface area contributed by atoms with Crippen LogP contribution in [0.4, 0.5) is 5.13 Å². The van der Waals surface area contributed by atoms with Crippen LogP contribution in [0.15, 0.2) is 77.3 Å². The van der Waals surface area contributed by atoms with Crippen LogP contribution in [0.3, 0.4) is 0 Å². The smallest absolute Gasteiger partial charge is 0.258 e. The van der Waals surface area contributed by atoms with Crippen LogP contribution in [0.1, 0.15) is 20.8 Å². The number of fused-ring (bicyclic) bond motifs is 1. The Morgan fingerprint density at radius 1 is 0.912 bits per heavy atom. The van der Waals surface area contributed by atoms with E-state index >= 15 is 0 Å². The molecule has 5 aromatic rings. The van der Waals surface area contributed by atoms with Crippen LogP contribution < -0.4 is 5.32 Å². The zero-order valence-electron chi connectivity index (χ0n) is 18.4. The number of amides is 1. The summed E-state index contributed by atoms with van der Waals surface area (Å²) >= 11 is 11.0. The molecule has 0 aliphatic heterocycles. The number of hydrogen-bond acceptors (Lipinski definition) is 4. The Balaban J connectivity index is 1.54. The molecule has 0 spiro atoms. The first kappa shape index (κ1) is 22.7. The SMILES string of the molecule is Cc1ccc(-c2nc(NC(=O)c3cc(-c4ccc(Cl)cc4)nc4ccc(Br)cc34)sc2C)cc1. The van der Waals surface area contributed by atoms with Gasteiger partial charge in [-0.05, 0) is 50.2 Å². The van der Waals surface area contributed by atoms with E-state index in [0.29, 0.717) is 21.4 Å². The number of pyridine rings is 1. The van der Waals surface area contributed by atoms with E-state index < -0.39 is 0 Å². The first-order valence-corrected chi connectivity index (χ1v) is 12.6. The molecule has 34 heavy (non-hydrogen) atoms. The minimum absolute atomic E-state index is 0.232. The largest absolute Gasteiger partial charge is 0.298 e. The first-order chi connectivity index (χ1) is 16.4. The summed E-state index contributed by atoms with van der Waals surface area (Å²) in [5.74, 6) is -0.232.